The summed E-state index contributed by atoms with van der Waals surface area (Å²) in [5.74, 6) is -0.444. The molecule has 0 fully saturated rings. The van der Waals surface area contributed by atoms with Crippen LogP contribution in [0.2, 0.25) is 0 Å². The first kappa shape index (κ1) is 17.7. The number of carbonyl (C=O) groups excluding carboxylic acids is 1. The molecule has 0 aliphatic carbocycles. The van der Waals surface area contributed by atoms with Crippen LogP contribution in [0.3, 0.4) is 0 Å². The van der Waals surface area contributed by atoms with Crippen LogP contribution in [0.15, 0.2) is 71.8 Å². The van der Waals surface area contributed by atoms with Gasteiger partial charge in [0.15, 0.2) is 0 Å². The summed E-state index contributed by atoms with van der Waals surface area (Å²) in [5, 5.41) is 21.5. The molecule has 1 amide bonds. The van der Waals surface area contributed by atoms with E-state index in [-0.39, 0.29) is 11.4 Å². The lowest BCUT2D eigenvalue weighted by Gasteiger charge is -1.95. The molecule has 3 rings (SSSR count). The molecule has 0 saturated carbocycles. The molecule has 0 bridgehead atoms. The number of nitro groups is 1. The summed E-state index contributed by atoms with van der Waals surface area (Å²) in [7, 11) is 0. The highest BCUT2D eigenvalue weighted by Gasteiger charge is 2.10. The third-order valence-electron chi connectivity index (χ3n) is 3.63. The number of hydrogen-bond donors (Lipinski definition) is 2. The summed E-state index contributed by atoms with van der Waals surface area (Å²) in [6.07, 6.45) is 4.38. The number of H-pyrrole nitrogens is 1. The highest BCUT2D eigenvalue weighted by Crippen LogP contribution is 2.18. The van der Waals surface area contributed by atoms with Crippen molar-refractivity contribution < 1.29 is 9.72 Å². The zero-order valence-corrected chi connectivity index (χ0v) is 14.1. The standard InChI is InChI=1S/C19H15N5O3/c25-19(17-13-16(21-22-17)14-7-2-1-3-8-14)23-20-12-6-10-15-9-4-5-11-18(15)24(26)27/h1-13H,(H,21,22)(H,23,25)/b10-6+,20-12?. The Kier molecular flexibility index (Phi) is 5.48. The van der Waals surface area contributed by atoms with Crippen molar-refractivity contribution >= 4 is 23.9 Å². The summed E-state index contributed by atoms with van der Waals surface area (Å²) in [6, 6.07) is 17.4. The molecular formula is C19H15N5O3. The van der Waals surface area contributed by atoms with E-state index in [2.05, 4.69) is 20.7 Å². The SMILES string of the molecule is O=C(NN=C/C=C/c1ccccc1[N+](=O)[O-])c1cc(-c2ccccc2)n[nH]1. The number of benzene rings is 2. The number of allylic oxidation sites excluding steroid dienone is 1. The van der Waals surface area contributed by atoms with Gasteiger partial charge in [-0.3, -0.25) is 20.0 Å². The predicted molar refractivity (Wildman–Crippen MR) is 102 cm³/mol. The lowest BCUT2D eigenvalue weighted by molar-refractivity contribution is -0.385. The number of carbonyl (C=O) groups is 1. The van der Waals surface area contributed by atoms with Crippen LogP contribution in [-0.2, 0) is 0 Å². The fourth-order valence-electron chi connectivity index (χ4n) is 2.34. The summed E-state index contributed by atoms with van der Waals surface area (Å²) in [4.78, 5) is 22.5. The van der Waals surface area contributed by atoms with Crippen LogP contribution in [0, 0.1) is 10.1 Å². The van der Waals surface area contributed by atoms with Gasteiger partial charge in [-0.05, 0) is 24.3 Å². The fourth-order valence-corrected chi connectivity index (χ4v) is 2.34. The van der Waals surface area contributed by atoms with E-state index in [4.69, 9.17) is 0 Å². The molecule has 0 aliphatic heterocycles. The van der Waals surface area contributed by atoms with Crippen molar-refractivity contribution in [3.05, 3.63) is 88.1 Å². The highest BCUT2D eigenvalue weighted by atomic mass is 16.6. The van der Waals surface area contributed by atoms with Crippen LogP contribution in [0.1, 0.15) is 16.1 Å². The molecule has 1 heterocycles. The quantitative estimate of drug-likeness (QED) is 0.398. The van der Waals surface area contributed by atoms with Gasteiger partial charge in [-0.25, -0.2) is 5.43 Å². The van der Waals surface area contributed by atoms with Gasteiger partial charge in [-0.1, -0.05) is 42.5 Å². The molecule has 1 aromatic heterocycles. The maximum absolute atomic E-state index is 12.1. The monoisotopic (exact) mass is 361 g/mol. The van der Waals surface area contributed by atoms with Gasteiger partial charge in [0.05, 0.1) is 16.2 Å². The number of nitrogens with zero attached hydrogens (tertiary/aromatic N) is 3. The Labute approximate surface area is 154 Å². The van der Waals surface area contributed by atoms with Crippen LogP contribution in [0.4, 0.5) is 5.69 Å². The topological polar surface area (TPSA) is 113 Å². The molecule has 0 spiro atoms. The number of para-hydroxylation sites is 1. The molecule has 134 valence electrons. The predicted octanol–water partition coefficient (Wildman–Crippen LogP) is 3.41. The van der Waals surface area contributed by atoms with Crippen molar-refractivity contribution in [2.75, 3.05) is 0 Å². The molecule has 0 unspecified atom stereocenters. The number of nitrogens with one attached hydrogen (secondary N) is 2. The van der Waals surface area contributed by atoms with E-state index in [0.717, 1.165) is 5.56 Å². The molecule has 8 heteroatoms. The van der Waals surface area contributed by atoms with E-state index in [1.54, 1.807) is 24.3 Å². The van der Waals surface area contributed by atoms with E-state index in [0.29, 0.717) is 11.3 Å². The summed E-state index contributed by atoms with van der Waals surface area (Å²) < 4.78 is 0. The minimum atomic E-state index is -0.457. The Morgan fingerprint density at radius 1 is 1.15 bits per heavy atom. The minimum Gasteiger partial charge on any atom is -0.272 e. The van der Waals surface area contributed by atoms with Crippen molar-refractivity contribution in [3.8, 4) is 11.3 Å². The van der Waals surface area contributed by atoms with Crippen molar-refractivity contribution in [2.45, 2.75) is 0 Å². The largest absolute Gasteiger partial charge is 0.289 e. The molecule has 8 nitrogen and oxygen atoms in total. The average molecular weight is 361 g/mol. The van der Waals surface area contributed by atoms with Crippen molar-refractivity contribution in [3.63, 3.8) is 0 Å². The minimum absolute atomic E-state index is 0.00270. The molecule has 0 radical (unpaired) electrons. The second-order valence-corrected chi connectivity index (χ2v) is 5.43. The number of nitro benzene ring substituents is 1. The summed E-state index contributed by atoms with van der Waals surface area (Å²) in [6.45, 7) is 0. The van der Waals surface area contributed by atoms with E-state index in [9.17, 15) is 14.9 Å². The first-order valence-corrected chi connectivity index (χ1v) is 7.99. The molecule has 2 N–H and O–H groups in total. The van der Waals surface area contributed by atoms with Gasteiger partial charge >= 0.3 is 0 Å². The van der Waals surface area contributed by atoms with E-state index >= 15 is 0 Å². The smallest absolute Gasteiger partial charge is 0.272 e. The Hall–Kier alpha value is -4.07. The van der Waals surface area contributed by atoms with Gasteiger partial charge in [-0.15, -0.1) is 0 Å². The fraction of sp³-hybridized carbons (Fsp3) is 0. The Morgan fingerprint density at radius 3 is 2.67 bits per heavy atom. The molecular weight excluding hydrogens is 346 g/mol. The van der Waals surface area contributed by atoms with E-state index in [1.165, 1.54) is 24.4 Å². The van der Waals surface area contributed by atoms with Gasteiger partial charge in [0.2, 0.25) is 0 Å². The van der Waals surface area contributed by atoms with Crippen LogP contribution in [0.5, 0.6) is 0 Å². The second kappa shape index (κ2) is 8.34. The lowest BCUT2D eigenvalue weighted by Crippen LogP contribution is -2.17. The summed E-state index contributed by atoms with van der Waals surface area (Å²) >= 11 is 0. The third-order valence-corrected chi connectivity index (χ3v) is 3.63. The average Bonchev–Trinajstić information content (AvgIpc) is 3.19. The number of amides is 1. The number of aromatic amines is 1. The molecule has 0 atom stereocenters. The first-order chi connectivity index (χ1) is 13.1. The van der Waals surface area contributed by atoms with E-state index < -0.39 is 10.8 Å². The maximum Gasteiger partial charge on any atom is 0.289 e. The maximum atomic E-state index is 12.1. The molecule has 27 heavy (non-hydrogen) atoms. The Bertz CT molecular complexity index is 1010. The van der Waals surface area contributed by atoms with Crippen LogP contribution in [0.25, 0.3) is 17.3 Å². The molecule has 2 aromatic carbocycles. The highest BCUT2D eigenvalue weighted by molar-refractivity contribution is 5.94. The second-order valence-electron chi connectivity index (χ2n) is 5.43. The molecule has 0 aliphatic rings. The number of hydrazone groups is 1. The van der Waals surface area contributed by atoms with Crippen molar-refractivity contribution in [1.29, 1.82) is 0 Å². The van der Waals surface area contributed by atoms with Gasteiger partial charge < -0.3 is 0 Å². The van der Waals surface area contributed by atoms with Crippen molar-refractivity contribution in [2.24, 2.45) is 5.10 Å². The van der Waals surface area contributed by atoms with Crippen LogP contribution < -0.4 is 5.43 Å². The number of rotatable bonds is 6. The van der Waals surface area contributed by atoms with Crippen LogP contribution in [-0.4, -0.2) is 27.2 Å². The number of aromatic nitrogens is 2. The van der Waals surface area contributed by atoms with E-state index in [1.807, 2.05) is 30.3 Å². The first-order valence-electron chi connectivity index (χ1n) is 7.99. The van der Waals surface area contributed by atoms with Gasteiger partial charge in [0.25, 0.3) is 11.6 Å². The van der Waals surface area contributed by atoms with Crippen LogP contribution >= 0.6 is 0 Å². The normalized spacial score (nSPS) is 11.1. The number of hydrogen-bond acceptors (Lipinski definition) is 5. The third kappa shape index (κ3) is 4.51. The van der Waals surface area contributed by atoms with Gasteiger partial charge in [-0.2, -0.15) is 10.2 Å². The molecule has 0 saturated heterocycles. The Balaban J connectivity index is 1.60. The Morgan fingerprint density at radius 2 is 1.89 bits per heavy atom. The zero-order valence-electron chi connectivity index (χ0n) is 14.1. The zero-order chi connectivity index (χ0) is 19.1. The van der Waals surface area contributed by atoms with Gasteiger partial charge in [0, 0.05) is 17.8 Å². The lowest BCUT2D eigenvalue weighted by atomic mass is 10.1. The summed E-state index contributed by atoms with van der Waals surface area (Å²) in [5.41, 5.74) is 4.62. The van der Waals surface area contributed by atoms with Gasteiger partial charge in [0.1, 0.15) is 5.69 Å². The van der Waals surface area contributed by atoms with Crippen molar-refractivity contribution in [1.82, 2.24) is 15.6 Å². The molecule has 3 aromatic rings.